The highest BCUT2D eigenvalue weighted by Crippen LogP contribution is 2.38. The van der Waals surface area contributed by atoms with E-state index < -0.39 is 11.7 Å². The zero-order valence-corrected chi connectivity index (χ0v) is 11.2. The Bertz CT molecular complexity index is 486. The lowest BCUT2D eigenvalue weighted by molar-refractivity contribution is -0.137. The molecule has 110 valence electrons. The maximum absolute atomic E-state index is 12.7. The number of alkyl halides is 3. The van der Waals surface area contributed by atoms with Crippen molar-refractivity contribution in [3.63, 3.8) is 0 Å². The van der Waals surface area contributed by atoms with Crippen LogP contribution < -0.4 is 5.73 Å². The number of rotatable bonds is 2. The summed E-state index contributed by atoms with van der Waals surface area (Å²) in [6, 6.07) is 5.91. The Morgan fingerprint density at radius 1 is 1.20 bits per heavy atom. The molecule has 1 saturated heterocycles. The highest BCUT2D eigenvalue weighted by atomic mass is 19.4. The van der Waals surface area contributed by atoms with Crippen molar-refractivity contribution >= 4 is 0 Å². The zero-order chi connectivity index (χ0) is 14.3. The molecule has 20 heavy (non-hydrogen) atoms. The van der Waals surface area contributed by atoms with Crippen molar-refractivity contribution in [1.29, 1.82) is 0 Å². The average molecular weight is 284 g/mol. The lowest BCUT2D eigenvalue weighted by atomic mass is 9.98. The Kier molecular flexibility index (Phi) is 3.50. The molecular formula is C15H19F3N2. The van der Waals surface area contributed by atoms with Gasteiger partial charge >= 0.3 is 6.18 Å². The summed E-state index contributed by atoms with van der Waals surface area (Å²) in [5.74, 6) is 1.16. The molecule has 0 bridgehead atoms. The normalized spacial score (nSPS) is 30.7. The van der Waals surface area contributed by atoms with E-state index in [2.05, 4.69) is 4.90 Å². The van der Waals surface area contributed by atoms with Gasteiger partial charge in [-0.05, 0) is 36.3 Å². The molecular weight excluding hydrogens is 265 g/mol. The van der Waals surface area contributed by atoms with Crippen molar-refractivity contribution in [3.05, 3.63) is 35.4 Å². The summed E-state index contributed by atoms with van der Waals surface area (Å²) in [5, 5.41) is 0. The van der Waals surface area contributed by atoms with Gasteiger partial charge in [0.25, 0.3) is 0 Å². The summed E-state index contributed by atoms with van der Waals surface area (Å²) in [6.45, 7) is 2.47. The Morgan fingerprint density at radius 3 is 2.70 bits per heavy atom. The van der Waals surface area contributed by atoms with E-state index in [1.54, 1.807) is 6.07 Å². The highest BCUT2D eigenvalue weighted by Gasteiger charge is 2.40. The second-order valence-electron chi connectivity index (χ2n) is 6.06. The number of hydrogen-bond acceptors (Lipinski definition) is 2. The average Bonchev–Trinajstić information content (AvgIpc) is 2.91. The minimum atomic E-state index is -4.26. The van der Waals surface area contributed by atoms with E-state index in [4.69, 9.17) is 5.73 Å². The van der Waals surface area contributed by atoms with E-state index in [0.29, 0.717) is 18.4 Å². The monoisotopic (exact) mass is 284 g/mol. The molecule has 2 aliphatic rings. The fourth-order valence-electron chi connectivity index (χ4n) is 3.63. The third kappa shape index (κ3) is 2.69. The van der Waals surface area contributed by atoms with Gasteiger partial charge in [-0.15, -0.1) is 0 Å². The summed E-state index contributed by atoms with van der Waals surface area (Å²) >= 11 is 0. The van der Waals surface area contributed by atoms with E-state index in [1.807, 2.05) is 0 Å². The van der Waals surface area contributed by atoms with Crippen LogP contribution >= 0.6 is 0 Å². The van der Waals surface area contributed by atoms with Gasteiger partial charge < -0.3 is 5.73 Å². The van der Waals surface area contributed by atoms with Crippen molar-refractivity contribution in [1.82, 2.24) is 4.90 Å². The quantitative estimate of drug-likeness (QED) is 0.905. The second-order valence-corrected chi connectivity index (χ2v) is 6.06. The van der Waals surface area contributed by atoms with E-state index in [9.17, 15) is 13.2 Å². The van der Waals surface area contributed by atoms with E-state index in [0.717, 1.165) is 37.6 Å². The van der Waals surface area contributed by atoms with Gasteiger partial charge in [-0.25, -0.2) is 0 Å². The Hall–Kier alpha value is -1.07. The minimum Gasteiger partial charge on any atom is -0.327 e. The Morgan fingerprint density at radius 2 is 2.00 bits per heavy atom. The van der Waals surface area contributed by atoms with Gasteiger partial charge in [-0.3, -0.25) is 4.90 Å². The van der Waals surface area contributed by atoms with Crippen LogP contribution in [0.4, 0.5) is 13.2 Å². The third-order valence-corrected chi connectivity index (χ3v) is 4.65. The molecule has 1 saturated carbocycles. The number of likely N-dealkylation sites (tertiary alicyclic amines) is 1. The van der Waals surface area contributed by atoms with Gasteiger partial charge in [-0.2, -0.15) is 13.2 Å². The van der Waals surface area contributed by atoms with E-state index in [-0.39, 0.29) is 6.04 Å². The lowest BCUT2D eigenvalue weighted by Gasteiger charge is -2.19. The maximum atomic E-state index is 12.7. The van der Waals surface area contributed by atoms with Gasteiger partial charge in [-0.1, -0.05) is 18.2 Å². The Balaban J connectivity index is 1.67. The molecule has 0 radical (unpaired) electrons. The van der Waals surface area contributed by atoms with Crippen LogP contribution in [0.3, 0.4) is 0 Å². The van der Waals surface area contributed by atoms with Crippen LogP contribution in [-0.4, -0.2) is 24.0 Å². The SMILES string of the molecule is N[C@H]1CC[C@@H]2CN(Cc3cccc(C(F)(F)F)c3)C[C@@H]21. The van der Waals surface area contributed by atoms with Crippen molar-refractivity contribution in [3.8, 4) is 0 Å². The van der Waals surface area contributed by atoms with Crippen LogP contribution in [0, 0.1) is 11.8 Å². The second kappa shape index (κ2) is 5.04. The molecule has 1 aliphatic carbocycles. The first-order valence-electron chi connectivity index (χ1n) is 7.07. The molecule has 2 fully saturated rings. The molecule has 0 aromatic heterocycles. The van der Waals surface area contributed by atoms with Crippen LogP contribution in [0.1, 0.15) is 24.0 Å². The standard InChI is InChI=1S/C15H19F3N2/c16-15(17,18)12-3-1-2-10(6-12)7-20-8-11-4-5-14(19)13(11)9-20/h1-3,6,11,13-14H,4-5,7-9,19H2/t11-,13+,14+/m1/s1. The molecule has 2 nitrogen and oxygen atoms in total. The smallest absolute Gasteiger partial charge is 0.327 e. The topological polar surface area (TPSA) is 29.3 Å². The first-order valence-corrected chi connectivity index (χ1v) is 7.07. The van der Waals surface area contributed by atoms with Crippen LogP contribution in [-0.2, 0) is 12.7 Å². The van der Waals surface area contributed by atoms with Gasteiger partial charge in [0.1, 0.15) is 0 Å². The summed E-state index contributed by atoms with van der Waals surface area (Å²) < 4.78 is 38.1. The van der Waals surface area contributed by atoms with Crippen LogP contribution in [0.5, 0.6) is 0 Å². The maximum Gasteiger partial charge on any atom is 0.416 e. The van der Waals surface area contributed by atoms with Crippen LogP contribution in [0.15, 0.2) is 24.3 Å². The molecule has 2 N–H and O–H groups in total. The number of hydrogen-bond donors (Lipinski definition) is 1. The first-order chi connectivity index (χ1) is 9.43. The molecule has 5 heteroatoms. The van der Waals surface area contributed by atoms with Gasteiger partial charge in [0, 0.05) is 25.7 Å². The van der Waals surface area contributed by atoms with E-state index >= 15 is 0 Å². The molecule has 1 aromatic rings. The summed E-state index contributed by atoms with van der Waals surface area (Å²) in [4.78, 5) is 2.24. The molecule has 1 heterocycles. The number of nitrogens with zero attached hydrogens (tertiary/aromatic N) is 1. The van der Waals surface area contributed by atoms with Gasteiger partial charge in [0.15, 0.2) is 0 Å². The summed E-state index contributed by atoms with van der Waals surface area (Å²) in [7, 11) is 0. The molecule has 3 atom stereocenters. The van der Waals surface area contributed by atoms with Gasteiger partial charge in [0.2, 0.25) is 0 Å². The van der Waals surface area contributed by atoms with E-state index in [1.165, 1.54) is 12.1 Å². The van der Waals surface area contributed by atoms with Gasteiger partial charge in [0.05, 0.1) is 5.56 Å². The van der Waals surface area contributed by atoms with Crippen molar-refractivity contribution in [2.24, 2.45) is 17.6 Å². The number of fused-ring (bicyclic) bond motifs is 1. The molecule has 0 unspecified atom stereocenters. The number of halogens is 3. The molecule has 1 aliphatic heterocycles. The van der Waals surface area contributed by atoms with Crippen molar-refractivity contribution in [2.75, 3.05) is 13.1 Å². The minimum absolute atomic E-state index is 0.270. The van der Waals surface area contributed by atoms with Crippen LogP contribution in [0.2, 0.25) is 0 Å². The summed E-state index contributed by atoms with van der Waals surface area (Å²) in [6.07, 6.45) is -2.02. The number of benzene rings is 1. The third-order valence-electron chi connectivity index (χ3n) is 4.65. The zero-order valence-electron chi connectivity index (χ0n) is 11.2. The predicted octanol–water partition coefficient (Wildman–Crippen LogP) is 2.87. The fourth-order valence-corrected chi connectivity index (χ4v) is 3.63. The highest BCUT2D eigenvalue weighted by molar-refractivity contribution is 5.25. The fraction of sp³-hybridized carbons (Fsp3) is 0.600. The van der Waals surface area contributed by atoms with Crippen molar-refractivity contribution in [2.45, 2.75) is 31.6 Å². The molecule has 0 amide bonds. The summed E-state index contributed by atoms with van der Waals surface area (Å²) in [5.41, 5.74) is 6.25. The molecule has 1 aromatic carbocycles. The molecule has 0 spiro atoms. The molecule has 3 rings (SSSR count). The predicted molar refractivity (Wildman–Crippen MR) is 70.9 cm³/mol. The van der Waals surface area contributed by atoms with Crippen LogP contribution in [0.25, 0.3) is 0 Å². The lowest BCUT2D eigenvalue weighted by Crippen LogP contribution is -2.30. The first kappa shape index (κ1) is 13.9. The van der Waals surface area contributed by atoms with Crippen molar-refractivity contribution < 1.29 is 13.2 Å². The number of nitrogens with two attached hydrogens (primary N) is 1. The Labute approximate surface area is 116 Å². The largest absolute Gasteiger partial charge is 0.416 e.